The van der Waals surface area contributed by atoms with Gasteiger partial charge in [0.25, 0.3) is 0 Å². The molecule has 2 fully saturated rings. The monoisotopic (exact) mass is 414 g/mol. The van der Waals surface area contributed by atoms with Crippen LogP contribution < -0.4 is 4.90 Å². The summed E-state index contributed by atoms with van der Waals surface area (Å²) in [6, 6.07) is 7.08. The van der Waals surface area contributed by atoms with Gasteiger partial charge in [0.1, 0.15) is 5.92 Å². The molecule has 24 heavy (non-hydrogen) atoms. The van der Waals surface area contributed by atoms with Crippen LogP contribution in [-0.4, -0.2) is 56.3 Å². The summed E-state index contributed by atoms with van der Waals surface area (Å²) in [6.45, 7) is 0.489. The predicted octanol–water partition coefficient (Wildman–Crippen LogP) is 1.45. The molecule has 0 aliphatic carbocycles. The van der Waals surface area contributed by atoms with Crippen LogP contribution in [0.3, 0.4) is 0 Å². The largest absolute Gasteiger partial charge is 0.341 e. The highest BCUT2D eigenvalue weighted by Crippen LogP contribution is 2.29. The van der Waals surface area contributed by atoms with E-state index in [1.54, 1.807) is 11.9 Å². The number of nitrogens with zero attached hydrogens (tertiary/aromatic N) is 2. The third-order valence-electron chi connectivity index (χ3n) is 4.73. The predicted molar refractivity (Wildman–Crippen MR) is 94.4 cm³/mol. The molecule has 2 atom stereocenters. The van der Waals surface area contributed by atoms with E-state index in [4.69, 9.17) is 0 Å². The van der Waals surface area contributed by atoms with Crippen LogP contribution in [0.25, 0.3) is 0 Å². The van der Waals surface area contributed by atoms with Crippen molar-refractivity contribution in [2.75, 3.05) is 30.0 Å². The molecule has 2 aliphatic rings. The van der Waals surface area contributed by atoms with Crippen molar-refractivity contribution in [2.45, 2.75) is 18.9 Å². The minimum atomic E-state index is -3.06. The molecule has 1 aromatic carbocycles. The Kier molecular flexibility index (Phi) is 4.70. The van der Waals surface area contributed by atoms with Crippen molar-refractivity contribution in [3.8, 4) is 0 Å². The number of halogens is 1. The third-order valence-corrected chi connectivity index (χ3v) is 6.97. The maximum Gasteiger partial charge on any atom is 0.239 e. The standard InChI is InChI=1S/C16H19BrN2O4S/c1-18(13-6-8-24(22,23)10-13)15(20)14-5-7-19(16(14)21)12-4-2-3-11(17)9-12/h2-4,9,13-14H,5-8,10H2,1H3. The zero-order chi connectivity index (χ0) is 17.5. The molecule has 3 rings (SSSR count). The fraction of sp³-hybridized carbons (Fsp3) is 0.500. The Bertz CT molecular complexity index is 780. The minimum absolute atomic E-state index is 0.00844. The van der Waals surface area contributed by atoms with Gasteiger partial charge in [0.2, 0.25) is 11.8 Å². The van der Waals surface area contributed by atoms with Crippen LogP contribution in [0.5, 0.6) is 0 Å². The van der Waals surface area contributed by atoms with Crippen molar-refractivity contribution in [1.29, 1.82) is 0 Å². The van der Waals surface area contributed by atoms with Gasteiger partial charge >= 0.3 is 0 Å². The Hall–Kier alpha value is -1.41. The van der Waals surface area contributed by atoms with E-state index in [9.17, 15) is 18.0 Å². The Labute approximate surface area is 149 Å². The SMILES string of the molecule is CN(C(=O)C1CCN(c2cccc(Br)c2)C1=O)C1CCS(=O)(=O)C1. The summed E-state index contributed by atoms with van der Waals surface area (Å²) in [5.74, 6) is -1.12. The highest BCUT2D eigenvalue weighted by molar-refractivity contribution is 9.10. The van der Waals surface area contributed by atoms with Crippen LogP contribution in [0.4, 0.5) is 5.69 Å². The lowest BCUT2D eigenvalue weighted by Gasteiger charge is -2.26. The van der Waals surface area contributed by atoms with E-state index >= 15 is 0 Å². The van der Waals surface area contributed by atoms with Gasteiger partial charge in [-0.15, -0.1) is 0 Å². The van der Waals surface area contributed by atoms with Gasteiger partial charge in [0.05, 0.1) is 11.5 Å². The molecule has 0 saturated carbocycles. The second-order valence-corrected chi connectivity index (χ2v) is 9.46. The van der Waals surface area contributed by atoms with Gasteiger partial charge in [-0.05, 0) is 31.0 Å². The molecule has 0 bridgehead atoms. The number of hydrogen-bond acceptors (Lipinski definition) is 4. The number of rotatable bonds is 3. The van der Waals surface area contributed by atoms with E-state index in [1.165, 1.54) is 4.90 Å². The van der Waals surface area contributed by atoms with Gasteiger partial charge in [0.15, 0.2) is 9.84 Å². The highest BCUT2D eigenvalue weighted by Gasteiger charge is 2.42. The van der Waals surface area contributed by atoms with Crippen LogP contribution >= 0.6 is 15.9 Å². The number of anilines is 1. The van der Waals surface area contributed by atoms with E-state index in [0.29, 0.717) is 19.4 Å². The number of benzene rings is 1. The van der Waals surface area contributed by atoms with Crippen LogP contribution in [0.1, 0.15) is 12.8 Å². The fourth-order valence-corrected chi connectivity index (χ4v) is 5.48. The molecule has 6 nitrogen and oxygen atoms in total. The number of carbonyl (C=O) groups is 2. The van der Waals surface area contributed by atoms with Crippen LogP contribution in [0.15, 0.2) is 28.7 Å². The summed E-state index contributed by atoms with van der Waals surface area (Å²) in [4.78, 5) is 28.4. The minimum Gasteiger partial charge on any atom is -0.341 e. The first-order valence-electron chi connectivity index (χ1n) is 7.82. The Morgan fingerprint density at radius 2 is 2.08 bits per heavy atom. The van der Waals surface area contributed by atoms with Crippen LogP contribution in [0, 0.1) is 5.92 Å². The second-order valence-electron chi connectivity index (χ2n) is 6.32. The molecule has 2 saturated heterocycles. The van der Waals surface area contributed by atoms with Crippen molar-refractivity contribution in [1.82, 2.24) is 4.90 Å². The second kappa shape index (κ2) is 6.48. The first kappa shape index (κ1) is 17.4. The Morgan fingerprint density at radius 1 is 1.33 bits per heavy atom. The van der Waals surface area contributed by atoms with E-state index in [-0.39, 0.29) is 29.4 Å². The maximum absolute atomic E-state index is 12.7. The maximum atomic E-state index is 12.7. The zero-order valence-corrected chi connectivity index (χ0v) is 15.7. The fourth-order valence-electron chi connectivity index (χ4n) is 3.32. The summed E-state index contributed by atoms with van der Waals surface area (Å²) < 4.78 is 24.1. The Morgan fingerprint density at radius 3 is 2.71 bits per heavy atom. The molecule has 0 radical (unpaired) electrons. The third kappa shape index (κ3) is 3.35. The van der Waals surface area contributed by atoms with Gasteiger partial charge in [-0.3, -0.25) is 9.59 Å². The molecule has 2 heterocycles. The molecular weight excluding hydrogens is 396 g/mol. The van der Waals surface area contributed by atoms with E-state index in [2.05, 4.69) is 15.9 Å². The average Bonchev–Trinajstić information content (AvgIpc) is 3.08. The molecule has 0 spiro atoms. The molecule has 2 amide bonds. The number of amides is 2. The first-order chi connectivity index (χ1) is 11.3. The zero-order valence-electron chi connectivity index (χ0n) is 13.3. The quantitative estimate of drug-likeness (QED) is 0.701. The number of sulfone groups is 1. The lowest BCUT2D eigenvalue weighted by molar-refractivity contribution is -0.140. The lowest BCUT2D eigenvalue weighted by Crippen LogP contribution is -2.43. The normalized spacial score (nSPS) is 25.9. The van der Waals surface area contributed by atoms with Gasteiger partial charge in [-0.25, -0.2) is 8.42 Å². The number of carbonyl (C=O) groups excluding carboxylic acids is 2. The summed E-state index contributed by atoms with van der Waals surface area (Å²) in [6.07, 6.45) is 0.898. The van der Waals surface area contributed by atoms with Gasteiger partial charge in [-0.1, -0.05) is 22.0 Å². The smallest absolute Gasteiger partial charge is 0.239 e. The van der Waals surface area contributed by atoms with Crippen LogP contribution in [0.2, 0.25) is 0 Å². The van der Waals surface area contributed by atoms with Gasteiger partial charge in [-0.2, -0.15) is 0 Å². The highest BCUT2D eigenvalue weighted by atomic mass is 79.9. The topological polar surface area (TPSA) is 74.8 Å². The molecule has 0 N–H and O–H groups in total. The molecule has 2 unspecified atom stereocenters. The van der Waals surface area contributed by atoms with Crippen LogP contribution in [-0.2, 0) is 19.4 Å². The summed E-state index contributed by atoms with van der Waals surface area (Å²) in [5.41, 5.74) is 0.760. The average molecular weight is 415 g/mol. The van der Waals surface area contributed by atoms with Crippen molar-refractivity contribution >= 4 is 43.3 Å². The first-order valence-corrected chi connectivity index (χ1v) is 10.4. The van der Waals surface area contributed by atoms with Crippen molar-refractivity contribution in [2.24, 2.45) is 5.92 Å². The summed E-state index contributed by atoms with van der Waals surface area (Å²) in [7, 11) is -1.46. The summed E-state index contributed by atoms with van der Waals surface area (Å²) in [5, 5.41) is 0. The summed E-state index contributed by atoms with van der Waals surface area (Å²) >= 11 is 3.38. The van der Waals surface area contributed by atoms with E-state index < -0.39 is 15.8 Å². The van der Waals surface area contributed by atoms with Gasteiger partial charge in [0, 0.05) is 29.8 Å². The molecule has 1 aromatic rings. The molecular formula is C16H19BrN2O4S. The number of hydrogen-bond donors (Lipinski definition) is 0. The molecule has 130 valence electrons. The lowest BCUT2D eigenvalue weighted by atomic mass is 10.1. The van der Waals surface area contributed by atoms with Crippen molar-refractivity contribution in [3.05, 3.63) is 28.7 Å². The van der Waals surface area contributed by atoms with Crippen molar-refractivity contribution in [3.63, 3.8) is 0 Å². The molecule has 2 aliphatic heterocycles. The molecule has 8 heteroatoms. The van der Waals surface area contributed by atoms with Crippen molar-refractivity contribution < 1.29 is 18.0 Å². The van der Waals surface area contributed by atoms with Gasteiger partial charge < -0.3 is 9.80 Å². The Balaban J connectivity index is 1.72. The molecule has 0 aromatic heterocycles. The van der Waals surface area contributed by atoms with E-state index in [1.807, 2.05) is 24.3 Å². The van der Waals surface area contributed by atoms with E-state index in [0.717, 1.165) is 10.2 Å².